The van der Waals surface area contributed by atoms with Crippen molar-refractivity contribution in [3.8, 4) is 6.07 Å². The molecular weight excluding hydrogens is 240 g/mol. The lowest BCUT2D eigenvalue weighted by molar-refractivity contribution is -0.108. The van der Waals surface area contributed by atoms with Crippen LogP contribution in [0.4, 0.5) is 5.69 Å². The molecule has 0 fully saturated rings. The predicted molar refractivity (Wildman–Crippen MR) is 66.1 cm³/mol. The number of nitriles is 1. The highest BCUT2D eigenvalue weighted by molar-refractivity contribution is 6.32. The van der Waals surface area contributed by atoms with Gasteiger partial charge in [0, 0.05) is 12.3 Å². The SMILES string of the molecule is Cc1c(NC(C=O)CCO)ccc(C#N)c1Cl. The summed E-state index contributed by atoms with van der Waals surface area (Å²) in [5.41, 5.74) is 1.81. The zero-order valence-corrected chi connectivity index (χ0v) is 10.2. The number of benzene rings is 1. The first-order chi connectivity index (χ1) is 8.13. The molecule has 1 rings (SSSR count). The lowest BCUT2D eigenvalue weighted by atomic mass is 10.1. The van der Waals surface area contributed by atoms with Crippen LogP contribution in [-0.4, -0.2) is 24.0 Å². The maximum Gasteiger partial charge on any atom is 0.142 e. The van der Waals surface area contributed by atoms with Gasteiger partial charge in [-0.25, -0.2) is 0 Å². The van der Waals surface area contributed by atoms with E-state index < -0.39 is 6.04 Å². The summed E-state index contributed by atoms with van der Waals surface area (Å²) in [7, 11) is 0. The molecule has 0 aromatic heterocycles. The molecule has 0 radical (unpaired) electrons. The van der Waals surface area contributed by atoms with E-state index >= 15 is 0 Å². The van der Waals surface area contributed by atoms with Crippen LogP contribution in [0.15, 0.2) is 12.1 Å². The Bertz CT molecular complexity index is 455. The summed E-state index contributed by atoms with van der Waals surface area (Å²) in [6, 6.07) is 4.83. The molecule has 1 aromatic carbocycles. The molecule has 0 bridgehead atoms. The topological polar surface area (TPSA) is 73.1 Å². The summed E-state index contributed by atoms with van der Waals surface area (Å²) >= 11 is 6.00. The van der Waals surface area contributed by atoms with Crippen LogP contribution in [0, 0.1) is 18.3 Å². The van der Waals surface area contributed by atoms with Crippen molar-refractivity contribution >= 4 is 23.6 Å². The molecule has 0 heterocycles. The van der Waals surface area contributed by atoms with Gasteiger partial charge < -0.3 is 15.2 Å². The van der Waals surface area contributed by atoms with Crippen LogP contribution in [0.3, 0.4) is 0 Å². The van der Waals surface area contributed by atoms with Crippen molar-refractivity contribution in [3.05, 3.63) is 28.3 Å². The summed E-state index contributed by atoms with van der Waals surface area (Å²) < 4.78 is 0. The predicted octanol–water partition coefficient (Wildman–Crippen LogP) is 1.88. The van der Waals surface area contributed by atoms with Gasteiger partial charge in [-0.2, -0.15) is 5.26 Å². The van der Waals surface area contributed by atoms with E-state index in [0.29, 0.717) is 22.7 Å². The van der Waals surface area contributed by atoms with E-state index in [0.717, 1.165) is 11.8 Å². The number of nitrogens with one attached hydrogen (secondary N) is 1. The monoisotopic (exact) mass is 252 g/mol. The second-order valence-corrected chi connectivity index (χ2v) is 3.99. The first kappa shape index (κ1) is 13.5. The Morgan fingerprint density at radius 3 is 2.88 bits per heavy atom. The fourth-order valence-electron chi connectivity index (χ4n) is 1.44. The van der Waals surface area contributed by atoms with Crippen molar-refractivity contribution in [2.75, 3.05) is 11.9 Å². The molecule has 90 valence electrons. The third kappa shape index (κ3) is 3.19. The molecule has 0 spiro atoms. The van der Waals surface area contributed by atoms with Crippen LogP contribution in [0.1, 0.15) is 17.5 Å². The Balaban J connectivity index is 2.96. The molecule has 1 unspecified atom stereocenters. The van der Waals surface area contributed by atoms with E-state index in [2.05, 4.69) is 5.32 Å². The lowest BCUT2D eigenvalue weighted by Gasteiger charge is -2.16. The summed E-state index contributed by atoms with van der Waals surface area (Å²) in [6.45, 7) is 1.70. The molecule has 0 saturated carbocycles. The highest BCUT2D eigenvalue weighted by atomic mass is 35.5. The van der Waals surface area contributed by atoms with Gasteiger partial charge in [-0.1, -0.05) is 11.6 Å². The molecular formula is C12H13ClN2O2. The Morgan fingerprint density at radius 2 is 2.35 bits per heavy atom. The zero-order chi connectivity index (χ0) is 12.8. The molecule has 0 aliphatic heterocycles. The average molecular weight is 253 g/mol. The second kappa shape index (κ2) is 6.24. The average Bonchev–Trinajstić information content (AvgIpc) is 2.34. The number of carbonyl (C=O) groups excluding carboxylic acids is 1. The number of aldehydes is 1. The number of anilines is 1. The highest BCUT2D eigenvalue weighted by Crippen LogP contribution is 2.27. The Labute approximate surface area is 105 Å². The molecule has 0 amide bonds. The van der Waals surface area contributed by atoms with Crippen molar-refractivity contribution < 1.29 is 9.90 Å². The van der Waals surface area contributed by atoms with Crippen LogP contribution in [-0.2, 0) is 4.79 Å². The number of carbonyl (C=O) groups is 1. The number of hydrogen-bond acceptors (Lipinski definition) is 4. The second-order valence-electron chi connectivity index (χ2n) is 3.61. The molecule has 4 nitrogen and oxygen atoms in total. The van der Waals surface area contributed by atoms with Gasteiger partial charge >= 0.3 is 0 Å². The number of aliphatic hydroxyl groups excluding tert-OH is 1. The number of halogens is 1. The standard InChI is InChI=1S/C12H13ClN2O2/c1-8-11(15-10(7-17)4-5-16)3-2-9(6-14)12(8)13/h2-3,7,10,15-16H,4-5H2,1H3. The fourth-order valence-corrected chi connectivity index (χ4v) is 1.65. The molecule has 2 N–H and O–H groups in total. The minimum atomic E-state index is -0.456. The number of hydrogen-bond donors (Lipinski definition) is 2. The van der Waals surface area contributed by atoms with E-state index in [4.69, 9.17) is 22.0 Å². The normalized spacial score (nSPS) is 11.6. The summed E-state index contributed by atoms with van der Waals surface area (Å²) in [5.74, 6) is 0. The van der Waals surface area contributed by atoms with Gasteiger partial charge in [0.2, 0.25) is 0 Å². The third-order valence-electron chi connectivity index (χ3n) is 2.45. The first-order valence-corrected chi connectivity index (χ1v) is 5.53. The fraction of sp³-hybridized carbons (Fsp3) is 0.333. The van der Waals surface area contributed by atoms with E-state index in [-0.39, 0.29) is 6.61 Å². The van der Waals surface area contributed by atoms with Gasteiger partial charge in [0.1, 0.15) is 12.4 Å². The van der Waals surface area contributed by atoms with Gasteiger partial charge in [-0.15, -0.1) is 0 Å². The van der Waals surface area contributed by atoms with Crippen molar-refractivity contribution in [1.29, 1.82) is 5.26 Å². The summed E-state index contributed by atoms with van der Waals surface area (Å²) in [6.07, 6.45) is 1.07. The molecule has 5 heteroatoms. The van der Waals surface area contributed by atoms with Crippen molar-refractivity contribution in [2.24, 2.45) is 0 Å². The van der Waals surface area contributed by atoms with E-state index in [1.807, 2.05) is 6.07 Å². The van der Waals surface area contributed by atoms with Crippen molar-refractivity contribution in [2.45, 2.75) is 19.4 Å². The number of rotatable bonds is 5. The quantitative estimate of drug-likeness (QED) is 0.785. The van der Waals surface area contributed by atoms with Crippen LogP contribution in [0.25, 0.3) is 0 Å². The van der Waals surface area contributed by atoms with E-state index in [1.165, 1.54) is 0 Å². The number of aliphatic hydroxyl groups is 1. The lowest BCUT2D eigenvalue weighted by Crippen LogP contribution is -2.22. The molecule has 17 heavy (non-hydrogen) atoms. The maximum atomic E-state index is 10.8. The summed E-state index contributed by atoms with van der Waals surface area (Å²) in [5, 5.41) is 20.9. The van der Waals surface area contributed by atoms with Crippen LogP contribution >= 0.6 is 11.6 Å². The smallest absolute Gasteiger partial charge is 0.142 e. The van der Waals surface area contributed by atoms with Gasteiger partial charge in [0.25, 0.3) is 0 Å². The summed E-state index contributed by atoms with van der Waals surface area (Å²) in [4.78, 5) is 10.8. The maximum absolute atomic E-state index is 10.8. The van der Waals surface area contributed by atoms with Crippen molar-refractivity contribution in [1.82, 2.24) is 0 Å². The Kier molecular flexibility index (Phi) is 4.95. The first-order valence-electron chi connectivity index (χ1n) is 5.16. The van der Waals surface area contributed by atoms with Gasteiger partial charge in [-0.3, -0.25) is 0 Å². The largest absolute Gasteiger partial charge is 0.396 e. The van der Waals surface area contributed by atoms with Crippen LogP contribution in [0.2, 0.25) is 5.02 Å². The molecule has 1 atom stereocenters. The minimum absolute atomic E-state index is 0.0700. The van der Waals surface area contributed by atoms with Gasteiger partial charge in [0.05, 0.1) is 16.6 Å². The van der Waals surface area contributed by atoms with Crippen LogP contribution < -0.4 is 5.32 Å². The third-order valence-corrected chi connectivity index (χ3v) is 2.94. The van der Waals surface area contributed by atoms with Crippen molar-refractivity contribution in [3.63, 3.8) is 0 Å². The highest BCUT2D eigenvalue weighted by Gasteiger charge is 2.11. The van der Waals surface area contributed by atoms with E-state index in [9.17, 15) is 4.79 Å². The molecule has 0 saturated heterocycles. The van der Waals surface area contributed by atoms with Gasteiger partial charge in [0.15, 0.2) is 0 Å². The van der Waals surface area contributed by atoms with Gasteiger partial charge in [-0.05, 0) is 31.0 Å². The Hall–Kier alpha value is -1.57. The van der Waals surface area contributed by atoms with Crippen LogP contribution in [0.5, 0.6) is 0 Å². The molecule has 0 aliphatic rings. The molecule has 0 aliphatic carbocycles. The number of nitrogens with zero attached hydrogens (tertiary/aromatic N) is 1. The zero-order valence-electron chi connectivity index (χ0n) is 9.40. The Morgan fingerprint density at radius 1 is 1.65 bits per heavy atom. The van der Waals surface area contributed by atoms with E-state index in [1.54, 1.807) is 19.1 Å². The minimum Gasteiger partial charge on any atom is -0.396 e. The molecule has 1 aromatic rings.